The highest BCUT2D eigenvalue weighted by molar-refractivity contribution is 6.04. The zero-order chi connectivity index (χ0) is 22.9. The lowest BCUT2D eigenvalue weighted by atomic mass is 10.1. The Balaban J connectivity index is 1.34. The third kappa shape index (κ3) is 4.32. The van der Waals surface area contributed by atoms with Gasteiger partial charge in [0.25, 0.3) is 5.91 Å². The summed E-state index contributed by atoms with van der Waals surface area (Å²) in [7, 11) is 0. The van der Waals surface area contributed by atoms with Gasteiger partial charge >= 0.3 is 0 Å². The third-order valence-corrected chi connectivity index (χ3v) is 5.39. The van der Waals surface area contributed by atoms with Crippen molar-refractivity contribution in [3.63, 3.8) is 0 Å². The molecule has 1 amide bonds. The first-order valence-electron chi connectivity index (χ1n) is 10.4. The second kappa shape index (κ2) is 8.68. The van der Waals surface area contributed by atoms with Crippen LogP contribution >= 0.6 is 0 Å². The molecule has 1 aromatic carbocycles. The molecule has 1 saturated carbocycles. The number of hydrogen-bond acceptors (Lipinski definition) is 8. The Labute approximate surface area is 187 Å². The molecule has 2 atom stereocenters. The van der Waals surface area contributed by atoms with Gasteiger partial charge < -0.3 is 19.7 Å². The number of alkyl halides is 1. The summed E-state index contributed by atoms with van der Waals surface area (Å²) in [6.45, 7) is 2.26. The quantitative estimate of drug-likeness (QED) is 0.391. The molecular weight excluding hydrogens is 431 g/mol. The van der Waals surface area contributed by atoms with Crippen LogP contribution in [-0.4, -0.2) is 54.9 Å². The van der Waals surface area contributed by atoms with Gasteiger partial charge in [0, 0.05) is 17.3 Å². The van der Waals surface area contributed by atoms with E-state index in [1.165, 1.54) is 12.5 Å². The zero-order valence-corrected chi connectivity index (χ0v) is 17.7. The average Bonchev–Trinajstić information content (AvgIpc) is 3.19. The summed E-state index contributed by atoms with van der Waals surface area (Å²) in [6.07, 6.45) is 2.46. The Bertz CT molecular complexity index is 1320. The van der Waals surface area contributed by atoms with Crippen LogP contribution in [0.2, 0.25) is 0 Å². The maximum atomic E-state index is 13.3. The molecule has 1 aliphatic carbocycles. The van der Waals surface area contributed by atoms with Crippen LogP contribution in [0.1, 0.15) is 40.0 Å². The number of anilines is 1. The number of benzene rings is 1. The van der Waals surface area contributed by atoms with E-state index in [0.717, 1.165) is 5.56 Å². The molecule has 2 N–H and O–H groups in total. The standard InChI is InChI=1S/C22H21FN6O4/c1-12-2-3-13(20-27-22(33-28-20)15-8-16(15)23)6-17(12)26-21(31)18-9-24-19-7-14(10-32-5-4-30)25-11-29(18)19/h2-3,6-7,9,11,15-16,30H,4-5,8,10H2,1H3,(H,26,31)/t15-,16-/m0/s1. The summed E-state index contributed by atoms with van der Waals surface area (Å²) in [5.41, 5.74) is 3.58. The Hall–Kier alpha value is -3.70. The Morgan fingerprint density at radius 1 is 1.36 bits per heavy atom. The second-order valence-corrected chi connectivity index (χ2v) is 7.83. The number of aryl methyl sites for hydroxylation is 1. The molecule has 10 nitrogen and oxygen atoms in total. The molecule has 33 heavy (non-hydrogen) atoms. The monoisotopic (exact) mass is 452 g/mol. The van der Waals surface area contributed by atoms with Gasteiger partial charge in [-0.1, -0.05) is 17.3 Å². The van der Waals surface area contributed by atoms with E-state index < -0.39 is 6.17 Å². The van der Waals surface area contributed by atoms with Crippen LogP contribution in [0, 0.1) is 6.92 Å². The van der Waals surface area contributed by atoms with Crippen LogP contribution in [0.4, 0.5) is 10.1 Å². The number of amides is 1. The molecule has 11 heteroatoms. The van der Waals surface area contributed by atoms with Gasteiger partial charge in [-0.25, -0.2) is 14.4 Å². The Morgan fingerprint density at radius 3 is 3.00 bits per heavy atom. The lowest BCUT2D eigenvalue weighted by Crippen LogP contribution is -2.15. The Morgan fingerprint density at radius 2 is 2.21 bits per heavy atom. The van der Waals surface area contributed by atoms with Crippen molar-refractivity contribution in [2.75, 3.05) is 18.5 Å². The van der Waals surface area contributed by atoms with Crippen LogP contribution in [0.25, 0.3) is 17.0 Å². The number of fused-ring (bicyclic) bond motifs is 1. The van der Waals surface area contributed by atoms with E-state index >= 15 is 0 Å². The van der Waals surface area contributed by atoms with E-state index in [0.29, 0.717) is 46.4 Å². The minimum absolute atomic E-state index is 0.0664. The second-order valence-electron chi connectivity index (χ2n) is 7.83. The number of nitrogens with zero attached hydrogens (tertiary/aromatic N) is 5. The normalized spacial score (nSPS) is 17.4. The molecule has 3 heterocycles. The van der Waals surface area contributed by atoms with Gasteiger partial charge in [0.2, 0.25) is 11.7 Å². The summed E-state index contributed by atoms with van der Waals surface area (Å²) in [4.78, 5) is 25.8. The van der Waals surface area contributed by atoms with Crippen molar-refractivity contribution in [2.24, 2.45) is 0 Å². The lowest BCUT2D eigenvalue weighted by Gasteiger charge is -2.09. The summed E-state index contributed by atoms with van der Waals surface area (Å²) in [5, 5.41) is 15.6. The molecule has 5 rings (SSSR count). The minimum atomic E-state index is -0.921. The predicted molar refractivity (Wildman–Crippen MR) is 114 cm³/mol. The average molecular weight is 452 g/mol. The summed E-state index contributed by atoms with van der Waals surface area (Å²) in [5.74, 6) is -0.0418. The number of carbonyl (C=O) groups excluding carboxylic acids is 1. The van der Waals surface area contributed by atoms with Gasteiger partial charge in [0.1, 0.15) is 23.8 Å². The van der Waals surface area contributed by atoms with E-state index in [9.17, 15) is 9.18 Å². The smallest absolute Gasteiger partial charge is 0.274 e. The highest BCUT2D eigenvalue weighted by atomic mass is 19.1. The van der Waals surface area contributed by atoms with Crippen molar-refractivity contribution >= 4 is 17.2 Å². The minimum Gasteiger partial charge on any atom is -0.394 e. The molecular formula is C22H21FN6O4. The van der Waals surface area contributed by atoms with Gasteiger partial charge in [-0.05, 0) is 25.0 Å². The van der Waals surface area contributed by atoms with Gasteiger partial charge in [-0.15, -0.1) is 0 Å². The molecule has 3 aromatic heterocycles. The van der Waals surface area contributed by atoms with Crippen molar-refractivity contribution in [1.82, 2.24) is 24.5 Å². The topological polar surface area (TPSA) is 128 Å². The number of hydrogen-bond donors (Lipinski definition) is 2. The molecule has 0 bridgehead atoms. The number of ether oxygens (including phenoxy) is 1. The molecule has 170 valence electrons. The summed E-state index contributed by atoms with van der Waals surface area (Å²) >= 11 is 0. The van der Waals surface area contributed by atoms with E-state index in [-0.39, 0.29) is 31.6 Å². The van der Waals surface area contributed by atoms with Crippen molar-refractivity contribution in [2.45, 2.75) is 32.0 Å². The number of rotatable bonds is 8. The molecule has 4 aromatic rings. The van der Waals surface area contributed by atoms with E-state index in [2.05, 4.69) is 25.4 Å². The highest BCUT2D eigenvalue weighted by Crippen LogP contribution is 2.43. The number of aliphatic hydroxyl groups excluding tert-OH is 1. The fraction of sp³-hybridized carbons (Fsp3) is 0.318. The van der Waals surface area contributed by atoms with Crippen molar-refractivity contribution in [3.8, 4) is 11.4 Å². The van der Waals surface area contributed by atoms with Crippen LogP contribution in [-0.2, 0) is 11.3 Å². The van der Waals surface area contributed by atoms with Gasteiger partial charge in [-0.3, -0.25) is 9.20 Å². The fourth-order valence-electron chi connectivity index (χ4n) is 3.41. The number of aromatic nitrogens is 5. The number of imidazole rings is 1. The Kier molecular flexibility index (Phi) is 5.56. The first-order chi connectivity index (χ1) is 16.0. The van der Waals surface area contributed by atoms with Gasteiger partial charge in [0.15, 0.2) is 0 Å². The molecule has 1 fully saturated rings. The van der Waals surface area contributed by atoms with Crippen molar-refractivity contribution < 1.29 is 23.6 Å². The van der Waals surface area contributed by atoms with Crippen LogP contribution in [0.3, 0.4) is 0 Å². The summed E-state index contributed by atoms with van der Waals surface area (Å²) < 4.78 is 25.3. The van der Waals surface area contributed by atoms with Gasteiger partial charge in [-0.2, -0.15) is 4.98 Å². The first-order valence-corrected chi connectivity index (χ1v) is 10.4. The first kappa shape index (κ1) is 21.2. The van der Waals surface area contributed by atoms with E-state index in [1.54, 1.807) is 16.5 Å². The maximum Gasteiger partial charge on any atom is 0.274 e. The highest BCUT2D eigenvalue weighted by Gasteiger charge is 2.43. The third-order valence-electron chi connectivity index (χ3n) is 5.39. The molecule has 0 unspecified atom stereocenters. The van der Waals surface area contributed by atoms with Crippen LogP contribution in [0.5, 0.6) is 0 Å². The maximum absolute atomic E-state index is 13.3. The van der Waals surface area contributed by atoms with Crippen molar-refractivity contribution in [1.29, 1.82) is 0 Å². The van der Waals surface area contributed by atoms with Crippen LogP contribution < -0.4 is 5.32 Å². The predicted octanol–water partition coefficient (Wildman–Crippen LogP) is 2.67. The van der Waals surface area contributed by atoms with E-state index in [1.807, 2.05) is 19.1 Å². The number of carbonyl (C=O) groups is 1. The lowest BCUT2D eigenvalue weighted by molar-refractivity contribution is 0.0797. The number of aliphatic hydroxyl groups is 1. The number of nitrogens with one attached hydrogen (secondary N) is 1. The molecule has 0 radical (unpaired) electrons. The largest absolute Gasteiger partial charge is 0.394 e. The zero-order valence-electron chi connectivity index (χ0n) is 17.7. The SMILES string of the molecule is Cc1ccc(-c2noc([C@H]3C[C@@H]3F)n2)cc1NC(=O)c1cnc2cc(COCCO)ncn12. The molecule has 0 spiro atoms. The van der Waals surface area contributed by atoms with Crippen LogP contribution in [0.15, 0.2) is 41.3 Å². The number of halogens is 1. The van der Waals surface area contributed by atoms with Gasteiger partial charge in [0.05, 0.1) is 37.6 Å². The molecule has 0 saturated heterocycles. The molecule has 0 aliphatic heterocycles. The van der Waals surface area contributed by atoms with E-state index in [4.69, 9.17) is 14.4 Å². The van der Waals surface area contributed by atoms with Crippen molar-refractivity contribution in [3.05, 3.63) is 59.6 Å². The molecule has 1 aliphatic rings. The fourth-order valence-corrected chi connectivity index (χ4v) is 3.41. The summed E-state index contributed by atoms with van der Waals surface area (Å²) in [6, 6.07) is 7.12.